The van der Waals surface area contributed by atoms with Gasteiger partial charge in [0.15, 0.2) is 0 Å². The van der Waals surface area contributed by atoms with Crippen LogP contribution in [-0.2, 0) is 0 Å². The highest BCUT2D eigenvalue weighted by Gasteiger charge is 2.27. The largest absolute Gasteiger partial charge is 0.329 e. The van der Waals surface area contributed by atoms with Gasteiger partial charge < -0.3 is 5.73 Å². The van der Waals surface area contributed by atoms with Crippen molar-refractivity contribution in [2.24, 2.45) is 17.6 Å². The number of piperidine rings is 1. The summed E-state index contributed by atoms with van der Waals surface area (Å²) in [5.41, 5.74) is 6.49. The zero-order valence-corrected chi connectivity index (χ0v) is 12.3. The molecule has 0 radical (unpaired) electrons. The van der Waals surface area contributed by atoms with Crippen molar-refractivity contribution in [3.63, 3.8) is 0 Å². The van der Waals surface area contributed by atoms with Crippen LogP contribution in [0.25, 0.3) is 0 Å². The molecule has 4 heteroatoms. The van der Waals surface area contributed by atoms with Crippen molar-refractivity contribution in [2.75, 3.05) is 19.6 Å². The molecule has 1 fully saturated rings. The van der Waals surface area contributed by atoms with Crippen LogP contribution in [-0.4, -0.2) is 24.5 Å². The van der Waals surface area contributed by atoms with E-state index in [4.69, 9.17) is 5.73 Å². The smallest absolute Gasteiger partial charge is 0.126 e. The maximum Gasteiger partial charge on any atom is 0.126 e. The van der Waals surface area contributed by atoms with Crippen LogP contribution >= 0.6 is 0 Å². The molecule has 0 bridgehead atoms. The van der Waals surface area contributed by atoms with E-state index < -0.39 is 11.6 Å². The van der Waals surface area contributed by atoms with Crippen LogP contribution in [0.15, 0.2) is 18.2 Å². The van der Waals surface area contributed by atoms with Crippen LogP contribution in [0.4, 0.5) is 8.78 Å². The van der Waals surface area contributed by atoms with Crippen LogP contribution < -0.4 is 5.73 Å². The van der Waals surface area contributed by atoms with Gasteiger partial charge in [-0.2, -0.15) is 0 Å². The average molecular weight is 282 g/mol. The fourth-order valence-electron chi connectivity index (χ4n) is 3.16. The van der Waals surface area contributed by atoms with Gasteiger partial charge in [-0.05, 0) is 55.5 Å². The Morgan fingerprint density at radius 3 is 2.15 bits per heavy atom. The van der Waals surface area contributed by atoms with Crippen LogP contribution in [0.3, 0.4) is 0 Å². The van der Waals surface area contributed by atoms with Gasteiger partial charge in [0.1, 0.15) is 11.6 Å². The summed E-state index contributed by atoms with van der Waals surface area (Å²) in [4.78, 5) is 2.26. The van der Waals surface area contributed by atoms with Gasteiger partial charge in [0.2, 0.25) is 0 Å². The third-order valence-electron chi connectivity index (χ3n) is 4.45. The second-order valence-corrected chi connectivity index (χ2v) is 6.07. The normalized spacial score (nSPS) is 19.5. The van der Waals surface area contributed by atoms with E-state index in [0.29, 0.717) is 18.0 Å². The number of nitrogens with zero attached hydrogens (tertiary/aromatic N) is 1. The molecule has 0 spiro atoms. The van der Waals surface area contributed by atoms with Crippen molar-refractivity contribution in [3.8, 4) is 0 Å². The Bertz CT molecular complexity index is 420. The minimum Gasteiger partial charge on any atom is -0.329 e. The first-order valence-electron chi connectivity index (χ1n) is 7.41. The number of likely N-dealkylation sites (tertiary alicyclic amines) is 1. The van der Waals surface area contributed by atoms with E-state index in [0.717, 1.165) is 37.9 Å². The highest BCUT2D eigenvalue weighted by molar-refractivity contribution is 5.22. The molecule has 1 atom stereocenters. The highest BCUT2D eigenvalue weighted by atomic mass is 19.1. The van der Waals surface area contributed by atoms with E-state index in [1.165, 1.54) is 12.1 Å². The molecule has 20 heavy (non-hydrogen) atoms. The van der Waals surface area contributed by atoms with Gasteiger partial charge in [-0.15, -0.1) is 0 Å². The predicted octanol–water partition coefficient (Wildman–Crippen LogP) is 3.33. The Labute approximate surface area is 120 Å². The molecule has 0 aliphatic carbocycles. The van der Waals surface area contributed by atoms with Crippen molar-refractivity contribution in [2.45, 2.75) is 32.7 Å². The zero-order chi connectivity index (χ0) is 14.7. The summed E-state index contributed by atoms with van der Waals surface area (Å²) in [7, 11) is 0. The van der Waals surface area contributed by atoms with E-state index >= 15 is 0 Å². The molecule has 1 unspecified atom stereocenters. The molecular formula is C16H24F2N2. The van der Waals surface area contributed by atoms with Crippen molar-refractivity contribution in [1.82, 2.24) is 4.90 Å². The second kappa shape index (κ2) is 6.64. The van der Waals surface area contributed by atoms with Gasteiger partial charge in [-0.1, -0.05) is 13.8 Å². The first kappa shape index (κ1) is 15.4. The van der Waals surface area contributed by atoms with Gasteiger partial charge in [-0.25, -0.2) is 8.78 Å². The van der Waals surface area contributed by atoms with Crippen molar-refractivity contribution in [1.29, 1.82) is 0 Å². The standard InChI is InChI=1S/C16H24F2N2/c1-11(2)12-3-5-20(6-4-12)16(10-19)13-7-14(17)9-15(18)8-13/h7-9,11-12,16H,3-6,10,19H2,1-2H3. The van der Waals surface area contributed by atoms with E-state index in [2.05, 4.69) is 18.7 Å². The molecule has 0 saturated carbocycles. The lowest BCUT2D eigenvalue weighted by Crippen LogP contribution is -2.40. The molecule has 1 aromatic rings. The van der Waals surface area contributed by atoms with Crippen LogP contribution in [0.5, 0.6) is 0 Å². The first-order chi connectivity index (χ1) is 9.51. The number of halogens is 2. The highest BCUT2D eigenvalue weighted by Crippen LogP contribution is 2.30. The molecule has 1 heterocycles. The molecule has 1 saturated heterocycles. The van der Waals surface area contributed by atoms with Crippen molar-refractivity contribution < 1.29 is 8.78 Å². The van der Waals surface area contributed by atoms with Crippen LogP contribution in [0, 0.1) is 23.5 Å². The molecule has 2 N–H and O–H groups in total. The maximum absolute atomic E-state index is 13.4. The van der Waals surface area contributed by atoms with Crippen molar-refractivity contribution >= 4 is 0 Å². The lowest BCUT2D eigenvalue weighted by atomic mass is 9.86. The number of rotatable bonds is 4. The van der Waals surface area contributed by atoms with E-state index in [1.807, 2.05) is 0 Å². The minimum atomic E-state index is -0.532. The zero-order valence-electron chi connectivity index (χ0n) is 12.3. The van der Waals surface area contributed by atoms with Crippen molar-refractivity contribution in [3.05, 3.63) is 35.4 Å². The minimum absolute atomic E-state index is 0.0895. The summed E-state index contributed by atoms with van der Waals surface area (Å²) < 4.78 is 26.7. The fraction of sp³-hybridized carbons (Fsp3) is 0.625. The van der Waals surface area contributed by atoms with Crippen LogP contribution in [0.1, 0.15) is 38.3 Å². The van der Waals surface area contributed by atoms with Gasteiger partial charge in [0.25, 0.3) is 0 Å². The number of hydrogen-bond donors (Lipinski definition) is 1. The molecule has 2 nitrogen and oxygen atoms in total. The summed E-state index contributed by atoms with van der Waals surface area (Å²) in [6.07, 6.45) is 2.26. The Morgan fingerprint density at radius 1 is 1.15 bits per heavy atom. The van der Waals surface area contributed by atoms with Gasteiger partial charge >= 0.3 is 0 Å². The first-order valence-corrected chi connectivity index (χ1v) is 7.41. The summed E-state index contributed by atoms with van der Waals surface area (Å²) in [6.45, 7) is 6.78. The number of nitrogens with two attached hydrogens (primary N) is 1. The summed E-state index contributed by atoms with van der Waals surface area (Å²) in [5, 5.41) is 0. The average Bonchev–Trinajstić information content (AvgIpc) is 2.39. The Hall–Kier alpha value is -1.00. The Balaban J connectivity index is 2.09. The molecule has 112 valence electrons. The van der Waals surface area contributed by atoms with E-state index in [-0.39, 0.29) is 6.04 Å². The SMILES string of the molecule is CC(C)C1CCN(C(CN)c2cc(F)cc(F)c2)CC1. The topological polar surface area (TPSA) is 29.3 Å². The quantitative estimate of drug-likeness (QED) is 0.918. The molecule has 2 rings (SSSR count). The molecular weight excluding hydrogens is 258 g/mol. The fourth-order valence-corrected chi connectivity index (χ4v) is 3.16. The van der Waals surface area contributed by atoms with Gasteiger partial charge in [-0.3, -0.25) is 4.90 Å². The second-order valence-electron chi connectivity index (χ2n) is 6.07. The van der Waals surface area contributed by atoms with E-state index in [1.54, 1.807) is 0 Å². The molecule has 1 aromatic carbocycles. The lowest BCUT2D eigenvalue weighted by molar-refractivity contribution is 0.117. The third-order valence-corrected chi connectivity index (χ3v) is 4.45. The summed E-state index contributed by atoms with van der Waals surface area (Å²) in [6, 6.07) is 3.61. The Kier molecular flexibility index (Phi) is 5.11. The van der Waals surface area contributed by atoms with Gasteiger partial charge in [0.05, 0.1) is 0 Å². The third kappa shape index (κ3) is 3.55. The summed E-state index contributed by atoms with van der Waals surface area (Å²) in [5.74, 6) is 0.375. The molecule has 1 aliphatic rings. The Morgan fingerprint density at radius 2 is 1.70 bits per heavy atom. The maximum atomic E-state index is 13.4. The van der Waals surface area contributed by atoms with Crippen LogP contribution in [0.2, 0.25) is 0 Å². The lowest BCUT2D eigenvalue weighted by Gasteiger charge is -2.38. The molecule has 0 amide bonds. The van der Waals surface area contributed by atoms with E-state index in [9.17, 15) is 8.78 Å². The number of hydrogen-bond acceptors (Lipinski definition) is 2. The number of benzene rings is 1. The molecule has 0 aromatic heterocycles. The summed E-state index contributed by atoms with van der Waals surface area (Å²) >= 11 is 0. The predicted molar refractivity (Wildman–Crippen MR) is 77.3 cm³/mol. The monoisotopic (exact) mass is 282 g/mol. The molecule has 1 aliphatic heterocycles. The van der Waals surface area contributed by atoms with Gasteiger partial charge in [0, 0.05) is 18.7 Å².